The number of carbonyl (C=O) groups excluding carboxylic acids is 1. The molecule has 21 heavy (non-hydrogen) atoms. The van der Waals surface area contributed by atoms with Gasteiger partial charge in [-0.3, -0.25) is 0 Å². The summed E-state index contributed by atoms with van der Waals surface area (Å²) < 4.78 is 0. The van der Waals surface area contributed by atoms with Crippen LogP contribution in [0.3, 0.4) is 0 Å². The van der Waals surface area contributed by atoms with Crippen LogP contribution in [0, 0.1) is 35.0 Å². The van der Waals surface area contributed by atoms with Crippen LogP contribution in [0.1, 0.15) is 85.5 Å². The van der Waals surface area contributed by atoms with E-state index in [1.807, 2.05) is 0 Å². The van der Waals surface area contributed by atoms with E-state index in [0.29, 0.717) is 5.41 Å². The first-order valence-electron chi connectivity index (χ1n) is 9.42. The van der Waals surface area contributed by atoms with Gasteiger partial charge in [-0.05, 0) is 67.1 Å². The molecule has 0 heterocycles. The van der Waals surface area contributed by atoms with Gasteiger partial charge in [0.05, 0.1) is 0 Å². The summed E-state index contributed by atoms with van der Waals surface area (Å²) in [5, 5.41) is 0. The first-order chi connectivity index (χ1) is 9.99. The van der Waals surface area contributed by atoms with Crippen LogP contribution in [0.15, 0.2) is 0 Å². The van der Waals surface area contributed by atoms with Gasteiger partial charge < -0.3 is 4.79 Å². The fourth-order valence-corrected chi connectivity index (χ4v) is 5.74. The lowest BCUT2D eigenvalue weighted by molar-refractivity contribution is -0.108. The number of carbonyl (C=O) groups is 1. The Hall–Kier alpha value is -0.330. The van der Waals surface area contributed by atoms with Crippen molar-refractivity contribution in [1.82, 2.24) is 0 Å². The molecule has 0 aromatic heterocycles. The first kappa shape index (κ1) is 17.0. The van der Waals surface area contributed by atoms with Gasteiger partial charge in [-0.25, -0.2) is 0 Å². The third-order valence-corrected chi connectivity index (χ3v) is 6.88. The summed E-state index contributed by atoms with van der Waals surface area (Å²) in [5.41, 5.74) is 0.572. The summed E-state index contributed by atoms with van der Waals surface area (Å²) >= 11 is 0. The van der Waals surface area contributed by atoms with E-state index >= 15 is 0 Å². The molecule has 1 nitrogen and oxygen atoms in total. The molecule has 0 aromatic carbocycles. The van der Waals surface area contributed by atoms with Crippen LogP contribution in [-0.4, -0.2) is 6.29 Å². The molecule has 0 unspecified atom stereocenters. The SMILES string of the molecule is CC(C)CC[C@@H]1CCC[C@]2(C)[C@@H]([C@H](C)CCC=O)CC[C@@H]12. The van der Waals surface area contributed by atoms with E-state index in [1.54, 1.807) is 0 Å². The molecule has 2 aliphatic rings. The summed E-state index contributed by atoms with van der Waals surface area (Å²) in [6, 6.07) is 0. The van der Waals surface area contributed by atoms with Crippen molar-refractivity contribution >= 4 is 6.29 Å². The highest BCUT2D eigenvalue weighted by Crippen LogP contribution is 2.60. The number of aldehydes is 1. The van der Waals surface area contributed by atoms with Crippen molar-refractivity contribution in [3.63, 3.8) is 0 Å². The molecular weight excluding hydrogens is 256 g/mol. The molecule has 2 saturated carbocycles. The van der Waals surface area contributed by atoms with Gasteiger partial charge in [0.15, 0.2) is 0 Å². The Morgan fingerprint density at radius 1 is 1.14 bits per heavy atom. The molecule has 1 heteroatoms. The molecule has 0 spiro atoms. The van der Waals surface area contributed by atoms with E-state index in [-0.39, 0.29) is 0 Å². The number of fused-ring (bicyclic) bond motifs is 1. The van der Waals surface area contributed by atoms with Crippen molar-refractivity contribution in [3.8, 4) is 0 Å². The molecule has 122 valence electrons. The fraction of sp³-hybridized carbons (Fsp3) is 0.950. The van der Waals surface area contributed by atoms with Crippen LogP contribution in [0.5, 0.6) is 0 Å². The Morgan fingerprint density at radius 2 is 1.90 bits per heavy atom. The van der Waals surface area contributed by atoms with E-state index in [9.17, 15) is 4.79 Å². The van der Waals surface area contributed by atoms with Gasteiger partial charge in [-0.15, -0.1) is 0 Å². The normalized spacial score (nSPS) is 37.5. The summed E-state index contributed by atoms with van der Waals surface area (Å²) in [6.45, 7) is 9.72. The minimum absolute atomic E-state index is 0.572. The largest absolute Gasteiger partial charge is 0.303 e. The second-order valence-corrected chi connectivity index (χ2v) is 8.64. The monoisotopic (exact) mass is 292 g/mol. The minimum Gasteiger partial charge on any atom is -0.303 e. The molecular formula is C20H36O. The van der Waals surface area contributed by atoms with E-state index in [0.717, 1.165) is 48.7 Å². The summed E-state index contributed by atoms with van der Waals surface area (Å²) in [4.78, 5) is 10.7. The van der Waals surface area contributed by atoms with Gasteiger partial charge in [-0.1, -0.05) is 47.0 Å². The molecule has 0 amide bonds. The molecule has 0 saturated heterocycles. The maximum Gasteiger partial charge on any atom is 0.120 e. The van der Waals surface area contributed by atoms with Crippen molar-refractivity contribution in [2.75, 3.05) is 0 Å². The minimum atomic E-state index is 0.572. The van der Waals surface area contributed by atoms with Gasteiger partial charge in [-0.2, -0.15) is 0 Å². The Kier molecular flexibility index (Phi) is 5.91. The maximum atomic E-state index is 10.7. The van der Waals surface area contributed by atoms with Crippen molar-refractivity contribution in [1.29, 1.82) is 0 Å². The standard InChI is InChI=1S/C20H36O/c1-15(2)9-10-17-8-5-13-20(4)18(11-12-19(17)20)16(3)7-6-14-21/h14-19H,5-13H2,1-4H3/t16-,17+,18-,19+,20-/m1/s1. The summed E-state index contributed by atoms with van der Waals surface area (Å²) in [5.74, 6) is 4.39. The third kappa shape index (κ3) is 3.71. The van der Waals surface area contributed by atoms with E-state index in [2.05, 4.69) is 27.7 Å². The highest BCUT2D eigenvalue weighted by atomic mass is 16.1. The van der Waals surface area contributed by atoms with Gasteiger partial charge in [0.2, 0.25) is 0 Å². The average Bonchev–Trinajstić information content (AvgIpc) is 2.80. The zero-order valence-corrected chi connectivity index (χ0v) is 14.7. The van der Waals surface area contributed by atoms with E-state index < -0.39 is 0 Å². The fourth-order valence-electron chi connectivity index (χ4n) is 5.74. The zero-order chi connectivity index (χ0) is 15.5. The highest BCUT2D eigenvalue weighted by Gasteiger charge is 2.51. The van der Waals surface area contributed by atoms with Crippen LogP contribution in [0.25, 0.3) is 0 Å². The second kappa shape index (κ2) is 7.29. The molecule has 0 aliphatic heterocycles. The predicted molar refractivity (Wildman–Crippen MR) is 90.2 cm³/mol. The molecule has 0 bridgehead atoms. The Balaban J connectivity index is 2.02. The molecule has 2 rings (SSSR count). The van der Waals surface area contributed by atoms with E-state index in [1.165, 1.54) is 44.9 Å². The average molecular weight is 293 g/mol. The Bertz CT molecular complexity index is 335. The quantitative estimate of drug-likeness (QED) is 0.536. The van der Waals surface area contributed by atoms with Crippen LogP contribution >= 0.6 is 0 Å². The van der Waals surface area contributed by atoms with Gasteiger partial charge in [0.1, 0.15) is 6.29 Å². The second-order valence-electron chi connectivity index (χ2n) is 8.64. The molecule has 0 N–H and O–H groups in total. The van der Waals surface area contributed by atoms with Crippen molar-refractivity contribution in [2.45, 2.75) is 85.5 Å². The lowest BCUT2D eigenvalue weighted by Gasteiger charge is -2.47. The summed E-state index contributed by atoms with van der Waals surface area (Å²) in [7, 11) is 0. The third-order valence-electron chi connectivity index (χ3n) is 6.88. The van der Waals surface area contributed by atoms with Gasteiger partial charge >= 0.3 is 0 Å². The number of hydrogen-bond donors (Lipinski definition) is 0. The predicted octanol–water partition coefficient (Wildman–Crippen LogP) is 5.87. The summed E-state index contributed by atoms with van der Waals surface area (Å²) in [6.07, 6.45) is 13.0. The van der Waals surface area contributed by atoms with Crippen LogP contribution in [0.4, 0.5) is 0 Å². The van der Waals surface area contributed by atoms with Crippen molar-refractivity contribution in [3.05, 3.63) is 0 Å². The van der Waals surface area contributed by atoms with E-state index in [4.69, 9.17) is 0 Å². The first-order valence-corrected chi connectivity index (χ1v) is 9.42. The zero-order valence-electron chi connectivity index (χ0n) is 14.7. The number of rotatable bonds is 7. The van der Waals surface area contributed by atoms with Crippen molar-refractivity contribution in [2.24, 2.45) is 35.0 Å². The van der Waals surface area contributed by atoms with Crippen LogP contribution in [-0.2, 0) is 4.79 Å². The molecule has 0 aromatic rings. The molecule has 5 atom stereocenters. The van der Waals surface area contributed by atoms with Crippen LogP contribution < -0.4 is 0 Å². The smallest absolute Gasteiger partial charge is 0.120 e. The highest BCUT2D eigenvalue weighted by molar-refractivity contribution is 5.49. The van der Waals surface area contributed by atoms with Gasteiger partial charge in [0, 0.05) is 6.42 Å². The lowest BCUT2D eigenvalue weighted by atomic mass is 9.58. The molecule has 2 aliphatic carbocycles. The number of hydrogen-bond acceptors (Lipinski definition) is 1. The molecule has 2 fully saturated rings. The van der Waals surface area contributed by atoms with Crippen molar-refractivity contribution < 1.29 is 4.79 Å². The van der Waals surface area contributed by atoms with Crippen LogP contribution in [0.2, 0.25) is 0 Å². The topological polar surface area (TPSA) is 17.1 Å². The Morgan fingerprint density at radius 3 is 2.57 bits per heavy atom. The maximum absolute atomic E-state index is 10.7. The Labute approximate surface area is 132 Å². The van der Waals surface area contributed by atoms with Gasteiger partial charge in [0.25, 0.3) is 0 Å². The molecule has 0 radical (unpaired) electrons. The lowest BCUT2D eigenvalue weighted by Crippen LogP contribution is -2.39.